The Bertz CT molecular complexity index is 869. The van der Waals surface area contributed by atoms with E-state index in [0.29, 0.717) is 5.69 Å². The molecule has 3 rings (SSSR count). The van der Waals surface area contributed by atoms with E-state index in [0.717, 1.165) is 22.5 Å². The second-order valence-corrected chi connectivity index (χ2v) is 6.81. The summed E-state index contributed by atoms with van der Waals surface area (Å²) in [6, 6.07) is 15.7. The molecule has 0 fully saturated rings. The SMILES string of the molecule is CC(=O)O[C@H](C)C(=O)Nc1ccc(Cc2nc3ccccc3s2)cc1. The molecule has 5 nitrogen and oxygen atoms in total. The summed E-state index contributed by atoms with van der Waals surface area (Å²) in [6.07, 6.45) is -0.0721. The van der Waals surface area contributed by atoms with Crippen LogP contribution in [0.4, 0.5) is 5.69 Å². The topological polar surface area (TPSA) is 68.3 Å². The highest BCUT2D eigenvalue weighted by Gasteiger charge is 2.15. The number of anilines is 1. The molecule has 0 aliphatic heterocycles. The summed E-state index contributed by atoms with van der Waals surface area (Å²) >= 11 is 1.69. The van der Waals surface area contributed by atoms with E-state index in [2.05, 4.69) is 16.4 Å². The number of carbonyl (C=O) groups is 2. The quantitative estimate of drug-likeness (QED) is 0.708. The van der Waals surface area contributed by atoms with Gasteiger partial charge in [0, 0.05) is 19.0 Å². The van der Waals surface area contributed by atoms with Gasteiger partial charge in [0.05, 0.1) is 15.2 Å². The lowest BCUT2D eigenvalue weighted by Crippen LogP contribution is -2.29. The Morgan fingerprint density at radius 2 is 1.88 bits per heavy atom. The van der Waals surface area contributed by atoms with E-state index in [-0.39, 0.29) is 5.91 Å². The third-order valence-electron chi connectivity index (χ3n) is 3.63. The molecule has 1 N–H and O–H groups in total. The number of rotatable bonds is 5. The fourth-order valence-corrected chi connectivity index (χ4v) is 3.42. The number of hydrogen-bond acceptors (Lipinski definition) is 5. The van der Waals surface area contributed by atoms with Gasteiger partial charge in [-0.05, 0) is 36.8 Å². The highest BCUT2D eigenvalue weighted by Crippen LogP contribution is 2.24. The summed E-state index contributed by atoms with van der Waals surface area (Å²) in [7, 11) is 0. The van der Waals surface area contributed by atoms with Crippen LogP contribution >= 0.6 is 11.3 Å². The maximum absolute atomic E-state index is 11.9. The molecular weight excluding hydrogens is 336 g/mol. The molecule has 0 aliphatic rings. The second kappa shape index (κ2) is 7.44. The standard InChI is InChI=1S/C19H18N2O3S/c1-12(24-13(2)22)19(23)20-15-9-7-14(8-10-15)11-18-21-16-5-3-4-6-17(16)25-18/h3-10,12H,11H2,1-2H3,(H,20,23)/t12-/m1/s1. The zero-order valence-electron chi connectivity index (χ0n) is 14.0. The highest BCUT2D eigenvalue weighted by atomic mass is 32.1. The van der Waals surface area contributed by atoms with E-state index >= 15 is 0 Å². The van der Waals surface area contributed by atoms with Crippen molar-refractivity contribution < 1.29 is 14.3 Å². The largest absolute Gasteiger partial charge is 0.453 e. The molecule has 0 aliphatic carbocycles. The van der Waals surface area contributed by atoms with Crippen molar-refractivity contribution in [2.24, 2.45) is 0 Å². The Hall–Kier alpha value is -2.73. The monoisotopic (exact) mass is 354 g/mol. The maximum atomic E-state index is 11.9. The number of benzene rings is 2. The summed E-state index contributed by atoms with van der Waals surface area (Å²) < 4.78 is 6.04. The number of nitrogens with zero attached hydrogens (tertiary/aromatic N) is 1. The Labute approximate surface area is 149 Å². The van der Waals surface area contributed by atoms with Crippen LogP contribution in [0.3, 0.4) is 0 Å². The molecule has 0 unspecified atom stereocenters. The zero-order valence-corrected chi connectivity index (χ0v) is 14.8. The first-order valence-corrected chi connectivity index (χ1v) is 8.74. The number of fused-ring (bicyclic) bond motifs is 1. The molecule has 128 valence electrons. The predicted molar refractivity (Wildman–Crippen MR) is 98.7 cm³/mol. The van der Waals surface area contributed by atoms with Crippen molar-refractivity contribution in [3.63, 3.8) is 0 Å². The predicted octanol–water partition coefficient (Wildman–Crippen LogP) is 3.78. The number of para-hydroxylation sites is 1. The van der Waals surface area contributed by atoms with E-state index in [1.165, 1.54) is 18.5 Å². The minimum Gasteiger partial charge on any atom is -0.453 e. The minimum absolute atomic E-state index is 0.353. The van der Waals surface area contributed by atoms with Crippen molar-refractivity contribution in [2.75, 3.05) is 5.32 Å². The first-order valence-electron chi connectivity index (χ1n) is 7.93. The van der Waals surface area contributed by atoms with Crippen molar-refractivity contribution in [1.29, 1.82) is 0 Å². The van der Waals surface area contributed by atoms with Gasteiger partial charge in [-0.2, -0.15) is 0 Å². The van der Waals surface area contributed by atoms with E-state index in [1.807, 2.05) is 42.5 Å². The van der Waals surface area contributed by atoms with Crippen molar-refractivity contribution in [3.8, 4) is 0 Å². The van der Waals surface area contributed by atoms with Crippen LogP contribution in [0.15, 0.2) is 48.5 Å². The molecule has 1 amide bonds. The lowest BCUT2D eigenvalue weighted by molar-refractivity contribution is -0.150. The van der Waals surface area contributed by atoms with E-state index in [1.54, 1.807) is 11.3 Å². The number of aromatic nitrogens is 1. The van der Waals surface area contributed by atoms with E-state index in [9.17, 15) is 9.59 Å². The van der Waals surface area contributed by atoms with Crippen LogP contribution in [-0.4, -0.2) is 23.0 Å². The van der Waals surface area contributed by atoms with Crippen molar-refractivity contribution in [3.05, 3.63) is 59.1 Å². The fraction of sp³-hybridized carbons (Fsp3) is 0.211. The molecule has 1 atom stereocenters. The van der Waals surface area contributed by atoms with Gasteiger partial charge in [-0.25, -0.2) is 4.98 Å². The lowest BCUT2D eigenvalue weighted by Gasteiger charge is -2.12. The Kier molecular flexibility index (Phi) is 5.09. The highest BCUT2D eigenvalue weighted by molar-refractivity contribution is 7.18. The van der Waals surface area contributed by atoms with Gasteiger partial charge in [0.1, 0.15) is 0 Å². The van der Waals surface area contributed by atoms with Crippen molar-refractivity contribution in [2.45, 2.75) is 26.4 Å². The lowest BCUT2D eigenvalue weighted by atomic mass is 10.1. The average Bonchev–Trinajstić information content (AvgIpc) is 2.98. The van der Waals surface area contributed by atoms with Gasteiger partial charge >= 0.3 is 5.97 Å². The van der Waals surface area contributed by atoms with Crippen molar-refractivity contribution in [1.82, 2.24) is 4.98 Å². The van der Waals surface area contributed by atoms with Crippen LogP contribution in [0.2, 0.25) is 0 Å². The van der Waals surface area contributed by atoms with Crippen LogP contribution < -0.4 is 5.32 Å². The number of ether oxygens (including phenoxy) is 1. The van der Waals surface area contributed by atoms with Gasteiger partial charge in [0.2, 0.25) is 0 Å². The summed E-state index contributed by atoms with van der Waals surface area (Å²) in [5.41, 5.74) is 2.80. The van der Waals surface area contributed by atoms with Crippen molar-refractivity contribution >= 4 is 39.1 Å². The molecule has 25 heavy (non-hydrogen) atoms. The number of esters is 1. The normalized spacial score (nSPS) is 11.9. The molecule has 2 aromatic carbocycles. The Balaban J connectivity index is 1.63. The second-order valence-electron chi connectivity index (χ2n) is 5.69. The van der Waals surface area contributed by atoms with Gasteiger partial charge in [-0.3, -0.25) is 9.59 Å². The van der Waals surface area contributed by atoms with Gasteiger partial charge in [0.15, 0.2) is 6.10 Å². The molecule has 6 heteroatoms. The number of carbonyl (C=O) groups excluding carboxylic acids is 2. The van der Waals surface area contributed by atoms with Crippen LogP contribution in [-0.2, 0) is 20.7 Å². The molecule has 0 bridgehead atoms. The van der Waals surface area contributed by atoms with Gasteiger partial charge in [-0.1, -0.05) is 24.3 Å². The third kappa shape index (κ3) is 4.42. The van der Waals surface area contributed by atoms with Gasteiger partial charge in [0.25, 0.3) is 5.91 Å². The minimum atomic E-state index is -0.820. The maximum Gasteiger partial charge on any atom is 0.303 e. The Morgan fingerprint density at radius 3 is 2.56 bits per heavy atom. The van der Waals surface area contributed by atoms with Crippen LogP contribution in [0.5, 0.6) is 0 Å². The number of nitrogens with one attached hydrogen (secondary N) is 1. The molecule has 3 aromatic rings. The number of thiazole rings is 1. The van der Waals surface area contributed by atoms with E-state index < -0.39 is 12.1 Å². The molecule has 1 heterocycles. The number of amides is 1. The molecule has 1 aromatic heterocycles. The van der Waals surface area contributed by atoms with Gasteiger partial charge < -0.3 is 10.1 Å². The average molecular weight is 354 g/mol. The summed E-state index contributed by atoms with van der Waals surface area (Å²) in [6.45, 7) is 2.82. The first-order chi connectivity index (χ1) is 12.0. The van der Waals surface area contributed by atoms with Crippen LogP contribution in [0, 0.1) is 0 Å². The fourth-order valence-electron chi connectivity index (χ4n) is 2.42. The molecule has 0 saturated carbocycles. The van der Waals surface area contributed by atoms with Crippen LogP contribution in [0.25, 0.3) is 10.2 Å². The Morgan fingerprint density at radius 1 is 1.16 bits per heavy atom. The molecule has 0 spiro atoms. The van der Waals surface area contributed by atoms with Crippen LogP contribution in [0.1, 0.15) is 24.4 Å². The summed E-state index contributed by atoms with van der Waals surface area (Å²) in [5.74, 6) is -0.831. The smallest absolute Gasteiger partial charge is 0.303 e. The third-order valence-corrected chi connectivity index (χ3v) is 4.66. The number of hydrogen-bond donors (Lipinski definition) is 1. The van der Waals surface area contributed by atoms with E-state index in [4.69, 9.17) is 4.74 Å². The zero-order chi connectivity index (χ0) is 17.8. The summed E-state index contributed by atoms with van der Waals surface area (Å²) in [4.78, 5) is 27.4. The summed E-state index contributed by atoms with van der Waals surface area (Å²) in [5, 5.41) is 3.79. The van der Waals surface area contributed by atoms with Gasteiger partial charge in [-0.15, -0.1) is 11.3 Å². The molecule has 0 radical (unpaired) electrons. The molecule has 0 saturated heterocycles. The first kappa shape index (κ1) is 17.1. The molecular formula is C19H18N2O3S.